The molecule has 0 radical (unpaired) electrons. The third-order valence-corrected chi connectivity index (χ3v) is 5.51. The van der Waals surface area contributed by atoms with Crippen LogP contribution in [0.5, 0.6) is 5.75 Å². The number of carbonyl (C=O) groups excluding carboxylic acids is 2. The Hall–Kier alpha value is -1.95. The molecule has 2 aromatic carbocycles. The van der Waals surface area contributed by atoms with E-state index in [1.54, 1.807) is 42.5 Å². The van der Waals surface area contributed by atoms with Crippen LogP contribution in [-0.2, 0) is 16.1 Å². The van der Waals surface area contributed by atoms with Crippen molar-refractivity contribution in [3.63, 3.8) is 0 Å². The molecule has 0 aliphatic carbocycles. The normalized spacial score (nSPS) is 11.8. The molecule has 1 unspecified atom stereocenters. The van der Waals surface area contributed by atoms with Crippen molar-refractivity contribution in [2.75, 3.05) is 13.2 Å². The second-order valence-corrected chi connectivity index (χ2v) is 8.79. The first kappa shape index (κ1) is 25.3. The van der Waals surface area contributed by atoms with Crippen molar-refractivity contribution in [3.05, 3.63) is 63.1 Å². The van der Waals surface area contributed by atoms with E-state index in [-0.39, 0.29) is 25.0 Å². The Morgan fingerprint density at radius 2 is 1.77 bits per heavy atom. The molecule has 1 atom stereocenters. The van der Waals surface area contributed by atoms with Gasteiger partial charge in [0, 0.05) is 23.1 Å². The number of ether oxygens (including phenoxy) is 1. The molecule has 0 fully saturated rings. The maximum absolute atomic E-state index is 13.2. The Morgan fingerprint density at radius 1 is 1.06 bits per heavy atom. The fraction of sp³-hybridized carbons (Fsp3) is 0.391. The number of hydrogen-bond donors (Lipinski definition) is 1. The van der Waals surface area contributed by atoms with Gasteiger partial charge in [-0.1, -0.05) is 73.8 Å². The van der Waals surface area contributed by atoms with Crippen LogP contribution in [0.3, 0.4) is 0 Å². The zero-order valence-corrected chi connectivity index (χ0v) is 20.1. The molecule has 168 valence electrons. The molecule has 0 saturated heterocycles. The number of nitrogens with zero attached hydrogens (tertiary/aromatic N) is 1. The molecule has 0 aromatic heterocycles. The van der Waals surface area contributed by atoms with Crippen molar-refractivity contribution in [2.24, 2.45) is 5.92 Å². The van der Waals surface area contributed by atoms with E-state index in [0.717, 1.165) is 0 Å². The Balaban J connectivity index is 2.25. The molecule has 8 heteroatoms. The molecular formula is C23H27Cl3N2O3. The number of nitrogens with one attached hydrogen (secondary N) is 1. The second-order valence-electron chi connectivity index (χ2n) is 7.54. The van der Waals surface area contributed by atoms with Gasteiger partial charge in [0.2, 0.25) is 5.91 Å². The zero-order valence-electron chi connectivity index (χ0n) is 17.8. The summed E-state index contributed by atoms with van der Waals surface area (Å²) in [5.74, 6) is 0.129. The van der Waals surface area contributed by atoms with Crippen LogP contribution in [0.1, 0.15) is 32.8 Å². The SMILES string of the molecule is CCC(C(=O)NCC(C)C)N(Cc1ccc(Cl)cc1Cl)C(=O)COc1ccccc1Cl. The van der Waals surface area contributed by atoms with E-state index >= 15 is 0 Å². The fourth-order valence-corrected chi connectivity index (χ4v) is 3.62. The molecule has 2 amide bonds. The van der Waals surface area contributed by atoms with Gasteiger partial charge in [0.1, 0.15) is 11.8 Å². The lowest BCUT2D eigenvalue weighted by molar-refractivity contribution is -0.143. The molecule has 2 rings (SSSR count). The maximum Gasteiger partial charge on any atom is 0.261 e. The van der Waals surface area contributed by atoms with Gasteiger partial charge in [-0.2, -0.15) is 0 Å². The molecule has 1 N–H and O–H groups in total. The molecule has 0 bridgehead atoms. The van der Waals surface area contributed by atoms with Gasteiger partial charge in [0.05, 0.1) is 5.02 Å². The standard InChI is InChI=1S/C23H27Cl3N2O3/c1-4-20(23(30)27-12-15(2)3)28(13-16-9-10-17(24)11-19(16)26)22(29)14-31-21-8-6-5-7-18(21)25/h5-11,15,20H,4,12-14H2,1-3H3,(H,27,30). The highest BCUT2D eigenvalue weighted by Gasteiger charge is 2.29. The van der Waals surface area contributed by atoms with Crippen LogP contribution < -0.4 is 10.1 Å². The van der Waals surface area contributed by atoms with Crippen LogP contribution in [-0.4, -0.2) is 35.9 Å². The van der Waals surface area contributed by atoms with Crippen molar-refractivity contribution in [1.82, 2.24) is 10.2 Å². The summed E-state index contributed by atoms with van der Waals surface area (Å²) in [5.41, 5.74) is 0.687. The molecule has 0 heterocycles. The first-order chi connectivity index (χ1) is 14.7. The minimum absolute atomic E-state index is 0.147. The van der Waals surface area contributed by atoms with E-state index in [9.17, 15) is 9.59 Å². The minimum Gasteiger partial charge on any atom is -0.482 e. The first-order valence-electron chi connectivity index (χ1n) is 10.1. The summed E-state index contributed by atoms with van der Waals surface area (Å²) in [6.07, 6.45) is 0.437. The van der Waals surface area contributed by atoms with E-state index in [4.69, 9.17) is 39.5 Å². The molecule has 0 aliphatic heterocycles. The molecule has 5 nitrogen and oxygen atoms in total. The second kappa shape index (κ2) is 12.2. The smallest absolute Gasteiger partial charge is 0.261 e. The lowest BCUT2D eigenvalue weighted by Gasteiger charge is -2.31. The minimum atomic E-state index is -0.673. The van der Waals surface area contributed by atoms with Gasteiger partial charge >= 0.3 is 0 Å². The number of hydrogen-bond acceptors (Lipinski definition) is 3. The van der Waals surface area contributed by atoms with E-state index in [1.165, 1.54) is 4.90 Å². The highest BCUT2D eigenvalue weighted by atomic mass is 35.5. The van der Waals surface area contributed by atoms with Crippen LogP contribution in [0.25, 0.3) is 0 Å². The summed E-state index contributed by atoms with van der Waals surface area (Å²) >= 11 is 18.4. The van der Waals surface area contributed by atoms with Crippen LogP contribution >= 0.6 is 34.8 Å². The predicted molar refractivity (Wildman–Crippen MR) is 126 cm³/mol. The predicted octanol–water partition coefficient (Wildman–Crippen LogP) is 5.61. The van der Waals surface area contributed by atoms with E-state index < -0.39 is 6.04 Å². The highest BCUT2D eigenvalue weighted by Crippen LogP contribution is 2.25. The molecule has 2 aromatic rings. The van der Waals surface area contributed by atoms with Gasteiger partial charge in [0.25, 0.3) is 5.91 Å². The van der Waals surface area contributed by atoms with Crippen LogP contribution in [0.4, 0.5) is 0 Å². The third-order valence-electron chi connectivity index (χ3n) is 4.61. The van der Waals surface area contributed by atoms with Gasteiger partial charge in [-0.05, 0) is 42.2 Å². The highest BCUT2D eigenvalue weighted by molar-refractivity contribution is 6.35. The Bertz CT molecular complexity index is 905. The number of halogens is 3. The molecule has 0 spiro atoms. The van der Waals surface area contributed by atoms with Crippen molar-refractivity contribution in [3.8, 4) is 5.75 Å². The summed E-state index contributed by atoms with van der Waals surface area (Å²) in [6, 6.07) is 11.3. The number of amides is 2. The average molecular weight is 486 g/mol. The topological polar surface area (TPSA) is 58.6 Å². The summed E-state index contributed by atoms with van der Waals surface area (Å²) in [4.78, 5) is 27.5. The van der Waals surface area contributed by atoms with Gasteiger partial charge in [-0.15, -0.1) is 0 Å². The zero-order chi connectivity index (χ0) is 23.0. The lowest BCUT2D eigenvalue weighted by atomic mass is 10.1. The maximum atomic E-state index is 13.2. The Morgan fingerprint density at radius 3 is 2.39 bits per heavy atom. The molecule has 31 heavy (non-hydrogen) atoms. The Labute approximate surface area is 198 Å². The number of carbonyl (C=O) groups is 2. The molecule has 0 saturated carbocycles. The molecular weight excluding hydrogens is 459 g/mol. The van der Waals surface area contributed by atoms with Gasteiger partial charge in [0.15, 0.2) is 6.61 Å². The van der Waals surface area contributed by atoms with Crippen LogP contribution in [0.15, 0.2) is 42.5 Å². The fourth-order valence-electron chi connectivity index (χ4n) is 2.96. The largest absolute Gasteiger partial charge is 0.482 e. The van der Waals surface area contributed by atoms with Crippen molar-refractivity contribution >= 4 is 46.6 Å². The van der Waals surface area contributed by atoms with E-state index in [0.29, 0.717) is 45.3 Å². The van der Waals surface area contributed by atoms with Crippen LogP contribution in [0.2, 0.25) is 15.1 Å². The number of benzene rings is 2. The summed E-state index contributed by atoms with van der Waals surface area (Å²) in [7, 11) is 0. The Kier molecular flexibility index (Phi) is 9.94. The first-order valence-corrected chi connectivity index (χ1v) is 11.2. The third kappa shape index (κ3) is 7.60. The van der Waals surface area contributed by atoms with Gasteiger partial charge < -0.3 is 15.0 Å². The van der Waals surface area contributed by atoms with Gasteiger partial charge in [-0.3, -0.25) is 9.59 Å². The monoisotopic (exact) mass is 484 g/mol. The van der Waals surface area contributed by atoms with Crippen molar-refractivity contribution < 1.29 is 14.3 Å². The molecule has 0 aliphatic rings. The van der Waals surface area contributed by atoms with E-state index in [2.05, 4.69) is 5.32 Å². The van der Waals surface area contributed by atoms with Gasteiger partial charge in [-0.25, -0.2) is 0 Å². The number of para-hydroxylation sites is 1. The summed E-state index contributed by atoms with van der Waals surface area (Å²) in [6.45, 7) is 6.29. The lowest BCUT2D eigenvalue weighted by Crippen LogP contribution is -2.50. The average Bonchev–Trinajstić information content (AvgIpc) is 2.72. The number of rotatable bonds is 10. The summed E-state index contributed by atoms with van der Waals surface area (Å²) in [5, 5.41) is 4.24. The summed E-state index contributed by atoms with van der Waals surface area (Å²) < 4.78 is 5.63. The quantitative estimate of drug-likeness (QED) is 0.476. The van der Waals surface area contributed by atoms with E-state index in [1.807, 2.05) is 20.8 Å². The van der Waals surface area contributed by atoms with Crippen molar-refractivity contribution in [1.29, 1.82) is 0 Å². The van der Waals surface area contributed by atoms with Crippen molar-refractivity contribution in [2.45, 2.75) is 39.8 Å². The van der Waals surface area contributed by atoms with Crippen LogP contribution in [0, 0.1) is 5.92 Å².